The van der Waals surface area contributed by atoms with E-state index >= 15 is 0 Å². The molecule has 304 valence electrons. The molecule has 13 heteroatoms. The highest BCUT2D eigenvalue weighted by Crippen LogP contribution is 2.42. The predicted octanol–water partition coefficient (Wildman–Crippen LogP) is 6.10. The first kappa shape index (κ1) is 43.7. The molecule has 13 nitrogen and oxygen atoms in total. The average molecular weight is 764 g/mol. The molecule has 3 fully saturated rings. The Morgan fingerprint density at radius 3 is 2.22 bits per heavy atom. The minimum Gasteiger partial charge on any atom is -0.481 e. The van der Waals surface area contributed by atoms with Gasteiger partial charge in [0.25, 0.3) is 11.8 Å². The van der Waals surface area contributed by atoms with Crippen molar-refractivity contribution in [2.24, 2.45) is 11.7 Å². The van der Waals surface area contributed by atoms with E-state index in [0.717, 1.165) is 55.3 Å². The second kappa shape index (κ2) is 18.7. The number of hydrogen-bond acceptors (Lipinski definition) is 10. The molecule has 2 amide bonds. The molecule has 0 aromatic carbocycles. The summed E-state index contributed by atoms with van der Waals surface area (Å²) in [5, 5.41) is 23.7. The molecule has 1 aliphatic carbocycles. The number of pyridine rings is 2. The normalized spacial score (nSPS) is 20.3. The summed E-state index contributed by atoms with van der Waals surface area (Å²) in [6, 6.07) is 7.56. The Morgan fingerprint density at radius 2 is 1.64 bits per heavy atom. The number of aliphatic hydroxyl groups is 2. The van der Waals surface area contributed by atoms with Gasteiger partial charge in [0, 0.05) is 61.7 Å². The number of nitrogens with two attached hydrogens (primary N) is 1. The minimum atomic E-state index is -0.929. The van der Waals surface area contributed by atoms with Crippen LogP contribution in [0.1, 0.15) is 145 Å². The number of hydrogen-bond donors (Lipinski definition) is 3. The van der Waals surface area contributed by atoms with Gasteiger partial charge < -0.3 is 35.2 Å². The smallest absolute Gasteiger partial charge is 0.259 e. The molecule has 4 N–H and O–H groups in total. The first-order valence-electron chi connectivity index (χ1n) is 19.8. The third kappa shape index (κ3) is 12.2. The number of methoxy groups -OCH3 is 1. The number of carbonyl (C=O) groups excluding carboxylic acids is 2. The van der Waals surface area contributed by atoms with E-state index in [2.05, 4.69) is 22.0 Å². The zero-order valence-electron chi connectivity index (χ0n) is 34.7. The van der Waals surface area contributed by atoms with Gasteiger partial charge in [-0.25, -0.2) is 9.97 Å². The molecule has 3 aromatic rings. The molecule has 5 heterocycles. The van der Waals surface area contributed by atoms with E-state index in [0.29, 0.717) is 48.8 Å². The van der Waals surface area contributed by atoms with E-state index < -0.39 is 11.2 Å². The maximum atomic E-state index is 13.1. The largest absolute Gasteiger partial charge is 0.481 e. The summed E-state index contributed by atoms with van der Waals surface area (Å²) in [6.45, 7) is 18.9. The fourth-order valence-electron chi connectivity index (χ4n) is 6.24. The van der Waals surface area contributed by atoms with Gasteiger partial charge in [0.15, 0.2) is 0 Å². The summed E-state index contributed by atoms with van der Waals surface area (Å²) < 4.78 is 12.8. The summed E-state index contributed by atoms with van der Waals surface area (Å²) in [4.78, 5) is 38.5. The average Bonchev–Trinajstić information content (AvgIpc) is 3.86. The highest BCUT2D eigenvalue weighted by Gasteiger charge is 2.35. The molecular formula is C42H65N7O6. The van der Waals surface area contributed by atoms with Gasteiger partial charge >= 0.3 is 0 Å². The molecule has 55 heavy (non-hydrogen) atoms. The Morgan fingerprint density at radius 1 is 0.945 bits per heavy atom. The Hall–Kier alpha value is -4.07. The van der Waals surface area contributed by atoms with Crippen molar-refractivity contribution in [3.63, 3.8) is 0 Å². The number of aromatic nitrogens is 4. The lowest BCUT2D eigenvalue weighted by molar-refractivity contribution is 0.0327. The van der Waals surface area contributed by atoms with Crippen LogP contribution in [0.15, 0.2) is 42.9 Å². The molecule has 0 bridgehead atoms. The van der Waals surface area contributed by atoms with Crippen LogP contribution in [-0.2, 0) is 5.60 Å². The van der Waals surface area contributed by atoms with Crippen LogP contribution in [0, 0.1) is 5.92 Å². The molecule has 3 aromatic heterocycles. The third-order valence-electron chi connectivity index (χ3n) is 10.6. The quantitative estimate of drug-likeness (QED) is 0.232. The van der Waals surface area contributed by atoms with Crippen LogP contribution in [0.4, 0.5) is 0 Å². The fraction of sp³-hybridized carbons (Fsp3) is 0.643. The fourth-order valence-corrected chi connectivity index (χ4v) is 6.24. The van der Waals surface area contributed by atoms with Gasteiger partial charge in [-0.3, -0.25) is 14.3 Å². The number of piperidine rings is 2. The van der Waals surface area contributed by atoms with Crippen LogP contribution in [-0.4, -0.2) is 102 Å². The molecular weight excluding hydrogens is 699 g/mol. The molecule has 1 unspecified atom stereocenters. The third-order valence-corrected chi connectivity index (χ3v) is 10.6. The van der Waals surface area contributed by atoms with Crippen LogP contribution in [0.5, 0.6) is 11.8 Å². The Bertz CT molecular complexity index is 1710. The number of ether oxygens (including phenoxy) is 2. The van der Waals surface area contributed by atoms with Gasteiger partial charge in [0.05, 0.1) is 47.9 Å². The van der Waals surface area contributed by atoms with Gasteiger partial charge in [0.1, 0.15) is 5.56 Å². The summed E-state index contributed by atoms with van der Waals surface area (Å²) in [7, 11) is 1.60. The van der Waals surface area contributed by atoms with Crippen LogP contribution < -0.4 is 15.2 Å². The lowest BCUT2D eigenvalue weighted by Gasteiger charge is -2.37. The molecule has 1 saturated carbocycles. The summed E-state index contributed by atoms with van der Waals surface area (Å²) >= 11 is 0. The number of carbonyl (C=O) groups is 2. The highest BCUT2D eigenvalue weighted by atomic mass is 16.5. The highest BCUT2D eigenvalue weighted by molar-refractivity contribution is 5.96. The van der Waals surface area contributed by atoms with E-state index in [1.165, 1.54) is 0 Å². The van der Waals surface area contributed by atoms with Crippen molar-refractivity contribution >= 4 is 11.8 Å². The maximum absolute atomic E-state index is 13.1. The Kier molecular flexibility index (Phi) is 14.9. The van der Waals surface area contributed by atoms with Crippen molar-refractivity contribution in [1.29, 1.82) is 0 Å². The molecule has 3 aliphatic rings. The van der Waals surface area contributed by atoms with Crippen molar-refractivity contribution in [3.8, 4) is 11.8 Å². The first-order chi connectivity index (χ1) is 25.8. The SMILES string of the molecule is CC(C)C(C)(C)O.CC(C)Oc1ncccc1C(=O)N1CCC[C@@H](n2cc(C(C)(C)O)cn2)C1.COc1ccc(C(=O)N2CC(N)CC[C@H]2C)c(C2CC2)n1. The van der Waals surface area contributed by atoms with Gasteiger partial charge in [-0.1, -0.05) is 13.8 Å². The van der Waals surface area contributed by atoms with Crippen LogP contribution in [0.3, 0.4) is 0 Å². The van der Waals surface area contributed by atoms with E-state index in [1.807, 2.05) is 68.3 Å². The summed E-state index contributed by atoms with van der Waals surface area (Å²) in [5.41, 5.74) is 7.48. The first-order valence-corrected chi connectivity index (χ1v) is 19.8. The van der Waals surface area contributed by atoms with Crippen molar-refractivity contribution < 1.29 is 29.3 Å². The van der Waals surface area contributed by atoms with Gasteiger partial charge in [-0.05, 0) is 111 Å². The lowest BCUT2D eigenvalue weighted by Crippen LogP contribution is -2.50. The second-order valence-electron chi connectivity index (χ2n) is 16.9. The summed E-state index contributed by atoms with van der Waals surface area (Å²) in [5.74, 6) is 1.72. The van der Waals surface area contributed by atoms with Crippen molar-refractivity contribution in [2.45, 2.75) is 142 Å². The Balaban J connectivity index is 0.000000213. The minimum absolute atomic E-state index is 0.0510. The van der Waals surface area contributed by atoms with E-state index in [9.17, 15) is 14.7 Å². The van der Waals surface area contributed by atoms with Crippen molar-refractivity contribution in [2.75, 3.05) is 26.7 Å². The van der Waals surface area contributed by atoms with Crippen LogP contribution in [0.25, 0.3) is 0 Å². The van der Waals surface area contributed by atoms with E-state index in [-0.39, 0.29) is 36.0 Å². The van der Waals surface area contributed by atoms with Gasteiger partial charge in [-0.2, -0.15) is 5.10 Å². The number of amides is 2. The van der Waals surface area contributed by atoms with Crippen LogP contribution in [0.2, 0.25) is 0 Å². The van der Waals surface area contributed by atoms with Crippen molar-refractivity contribution in [3.05, 3.63) is 65.2 Å². The molecule has 0 radical (unpaired) electrons. The molecule has 3 atom stereocenters. The Labute approximate surface area is 327 Å². The maximum Gasteiger partial charge on any atom is 0.259 e. The topological polar surface area (TPSA) is 169 Å². The van der Waals surface area contributed by atoms with Gasteiger partial charge in [0.2, 0.25) is 11.8 Å². The zero-order chi connectivity index (χ0) is 40.7. The number of nitrogens with zero attached hydrogens (tertiary/aromatic N) is 6. The predicted molar refractivity (Wildman–Crippen MR) is 213 cm³/mol. The second-order valence-corrected chi connectivity index (χ2v) is 16.9. The van der Waals surface area contributed by atoms with E-state index in [1.54, 1.807) is 51.6 Å². The monoisotopic (exact) mass is 763 g/mol. The van der Waals surface area contributed by atoms with Crippen molar-refractivity contribution in [1.82, 2.24) is 29.5 Å². The standard InChI is InChI=1S/C20H28N4O3.C16H23N3O2.C6H14O/c1-14(2)27-18-17(8-5-9-21-18)19(25)23-10-6-7-16(13-23)24-12-15(11-22-24)20(3,4)26;1-10-3-6-12(17)9-19(10)16(20)13-7-8-14(21-2)18-15(13)11-4-5-11;1-5(2)6(3,4)7/h5,8-9,11-12,14,16,26H,6-7,10,13H2,1-4H3;7-8,10-12H,3-6,9,17H2,1-2H3;5,7H,1-4H3/t16-;10-,12?;/m11./s1. The lowest BCUT2D eigenvalue weighted by atomic mass is 9.95. The number of rotatable bonds is 9. The zero-order valence-corrected chi connectivity index (χ0v) is 34.7. The molecule has 2 aliphatic heterocycles. The van der Waals surface area contributed by atoms with E-state index in [4.69, 9.17) is 20.3 Å². The molecule has 0 spiro atoms. The summed E-state index contributed by atoms with van der Waals surface area (Å²) in [6.07, 6.45) is 11.2. The van der Waals surface area contributed by atoms with Crippen LogP contribution >= 0.6 is 0 Å². The number of likely N-dealkylation sites (tertiary alicyclic amines) is 2. The molecule has 2 saturated heterocycles. The molecule has 6 rings (SSSR count). The van der Waals surface area contributed by atoms with Gasteiger partial charge in [-0.15, -0.1) is 0 Å².